The van der Waals surface area contributed by atoms with Gasteiger partial charge in [0.05, 0.1) is 19.6 Å². The summed E-state index contributed by atoms with van der Waals surface area (Å²) in [6, 6.07) is 12.9. The lowest BCUT2D eigenvalue weighted by Gasteiger charge is -2.38. The van der Waals surface area contributed by atoms with Crippen LogP contribution in [0.4, 0.5) is 0 Å². The summed E-state index contributed by atoms with van der Waals surface area (Å²) < 4.78 is 11.4. The molecule has 1 heterocycles. The van der Waals surface area contributed by atoms with Gasteiger partial charge in [0, 0.05) is 17.0 Å². The number of methoxy groups -OCH3 is 1. The monoisotopic (exact) mass is 359 g/mol. The molecule has 1 unspecified atom stereocenters. The Hall–Kier alpha value is -2.20. The van der Waals surface area contributed by atoms with Gasteiger partial charge in [0.25, 0.3) is 0 Å². The number of amides is 1. The van der Waals surface area contributed by atoms with Gasteiger partial charge in [0.15, 0.2) is 0 Å². The smallest absolute Gasteiger partial charge is 0.224 e. The molecule has 132 valence electrons. The molecule has 0 aromatic heterocycles. The summed E-state index contributed by atoms with van der Waals surface area (Å²) in [6.07, 6.45) is 0.978. The number of fused-ring (bicyclic) bond motifs is 1. The highest BCUT2D eigenvalue weighted by Crippen LogP contribution is 2.41. The number of halogens is 1. The second kappa shape index (κ2) is 6.96. The van der Waals surface area contributed by atoms with E-state index < -0.39 is 0 Å². The van der Waals surface area contributed by atoms with E-state index in [1.807, 2.05) is 50.2 Å². The van der Waals surface area contributed by atoms with E-state index >= 15 is 0 Å². The second-order valence-electron chi connectivity index (χ2n) is 6.90. The number of rotatable bonds is 4. The normalized spacial score (nSPS) is 18.0. The maximum absolute atomic E-state index is 12.5. The summed E-state index contributed by atoms with van der Waals surface area (Å²) >= 11 is 6.00. The Bertz CT molecular complexity index is 788. The molecule has 0 fully saturated rings. The van der Waals surface area contributed by atoms with E-state index in [4.69, 9.17) is 21.1 Å². The summed E-state index contributed by atoms with van der Waals surface area (Å²) in [5.41, 5.74) is 1.48. The molecule has 2 aromatic carbocycles. The number of benzene rings is 2. The zero-order valence-electron chi connectivity index (χ0n) is 14.6. The van der Waals surface area contributed by atoms with E-state index in [1.165, 1.54) is 0 Å². The molecule has 1 atom stereocenters. The Morgan fingerprint density at radius 1 is 1.32 bits per heavy atom. The third-order valence-corrected chi connectivity index (χ3v) is 4.50. The molecule has 1 amide bonds. The van der Waals surface area contributed by atoms with Gasteiger partial charge in [0.2, 0.25) is 5.91 Å². The van der Waals surface area contributed by atoms with E-state index in [2.05, 4.69) is 5.32 Å². The van der Waals surface area contributed by atoms with Gasteiger partial charge in [-0.3, -0.25) is 4.79 Å². The standard InChI is InChI=1S/C20H22ClNO3/c1-20(2)12-17(16-11-15(24-3)7-8-18(16)25-20)22-19(23)10-13-5-4-6-14(21)9-13/h4-9,11,17H,10,12H2,1-3H3,(H,22,23). The molecule has 0 radical (unpaired) electrons. The lowest BCUT2D eigenvalue weighted by molar-refractivity contribution is -0.121. The fourth-order valence-electron chi connectivity index (χ4n) is 3.17. The zero-order valence-corrected chi connectivity index (χ0v) is 15.4. The molecular formula is C20H22ClNO3. The lowest BCUT2D eigenvalue weighted by Crippen LogP contribution is -2.41. The molecule has 0 aliphatic carbocycles. The van der Waals surface area contributed by atoms with Crippen LogP contribution in [0.5, 0.6) is 11.5 Å². The van der Waals surface area contributed by atoms with Gasteiger partial charge in [-0.2, -0.15) is 0 Å². The summed E-state index contributed by atoms with van der Waals surface area (Å²) in [4.78, 5) is 12.5. The minimum absolute atomic E-state index is 0.0428. The van der Waals surface area contributed by atoms with E-state index in [9.17, 15) is 4.79 Å². The Balaban J connectivity index is 1.80. The molecule has 0 saturated carbocycles. The van der Waals surface area contributed by atoms with Gasteiger partial charge in [0.1, 0.15) is 17.1 Å². The number of ether oxygens (including phenoxy) is 2. The number of carbonyl (C=O) groups excluding carboxylic acids is 1. The highest BCUT2D eigenvalue weighted by atomic mass is 35.5. The fourth-order valence-corrected chi connectivity index (χ4v) is 3.38. The largest absolute Gasteiger partial charge is 0.497 e. The SMILES string of the molecule is COc1ccc2c(c1)C(NC(=O)Cc1cccc(Cl)c1)CC(C)(C)O2. The van der Waals surface area contributed by atoms with Crippen molar-refractivity contribution < 1.29 is 14.3 Å². The Morgan fingerprint density at radius 3 is 2.84 bits per heavy atom. The van der Waals surface area contributed by atoms with Crippen LogP contribution in [0.3, 0.4) is 0 Å². The van der Waals surface area contributed by atoms with Crippen LogP contribution in [0.15, 0.2) is 42.5 Å². The molecule has 2 aromatic rings. The van der Waals surface area contributed by atoms with E-state index in [0.29, 0.717) is 11.4 Å². The summed E-state index contributed by atoms with van der Waals surface area (Å²) in [5, 5.41) is 3.76. The molecule has 5 heteroatoms. The van der Waals surface area contributed by atoms with Crippen LogP contribution in [-0.4, -0.2) is 18.6 Å². The van der Waals surface area contributed by atoms with Crippen molar-refractivity contribution in [3.05, 3.63) is 58.6 Å². The third-order valence-electron chi connectivity index (χ3n) is 4.26. The molecule has 0 spiro atoms. The quantitative estimate of drug-likeness (QED) is 0.884. The first-order valence-electron chi connectivity index (χ1n) is 8.27. The van der Waals surface area contributed by atoms with Gasteiger partial charge >= 0.3 is 0 Å². The maximum Gasteiger partial charge on any atom is 0.224 e. The number of nitrogens with one attached hydrogen (secondary N) is 1. The van der Waals surface area contributed by atoms with E-state index in [0.717, 1.165) is 22.6 Å². The Labute approximate surface area is 153 Å². The molecule has 4 nitrogen and oxygen atoms in total. The Morgan fingerprint density at radius 2 is 2.12 bits per heavy atom. The van der Waals surface area contributed by atoms with E-state index in [1.54, 1.807) is 13.2 Å². The van der Waals surface area contributed by atoms with E-state index in [-0.39, 0.29) is 24.0 Å². The number of hydrogen-bond acceptors (Lipinski definition) is 3. The van der Waals surface area contributed by atoms with Crippen LogP contribution in [0.1, 0.15) is 37.4 Å². The van der Waals surface area contributed by atoms with Crippen LogP contribution in [0.2, 0.25) is 5.02 Å². The third kappa shape index (κ3) is 4.26. The second-order valence-corrected chi connectivity index (χ2v) is 7.33. The van der Waals surface area contributed by atoms with Gasteiger partial charge in [-0.05, 0) is 49.7 Å². The molecule has 25 heavy (non-hydrogen) atoms. The predicted molar refractivity (Wildman–Crippen MR) is 98.4 cm³/mol. The highest BCUT2D eigenvalue weighted by Gasteiger charge is 2.34. The average molecular weight is 360 g/mol. The van der Waals surface area contributed by atoms with Crippen molar-refractivity contribution in [2.75, 3.05) is 7.11 Å². The maximum atomic E-state index is 12.5. The van der Waals surface area contributed by atoms with Gasteiger partial charge in [-0.15, -0.1) is 0 Å². The van der Waals surface area contributed by atoms with Crippen molar-refractivity contribution in [1.82, 2.24) is 5.32 Å². The molecule has 0 bridgehead atoms. The first-order chi connectivity index (χ1) is 11.9. The van der Waals surface area contributed by atoms with Crippen molar-refractivity contribution in [3.8, 4) is 11.5 Å². The highest BCUT2D eigenvalue weighted by molar-refractivity contribution is 6.30. The predicted octanol–water partition coefficient (Wildman–Crippen LogP) is 4.31. The van der Waals surface area contributed by atoms with Crippen LogP contribution >= 0.6 is 11.6 Å². The topological polar surface area (TPSA) is 47.6 Å². The first kappa shape index (κ1) is 17.6. The minimum atomic E-state index is -0.352. The van der Waals surface area contributed by atoms with Crippen molar-refractivity contribution in [2.45, 2.75) is 38.3 Å². The fraction of sp³-hybridized carbons (Fsp3) is 0.350. The molecular weight excluding hydrogens is 338 g/mol. The van der Waals surface area contributed by atoms with Crippen LogP contribution in [-0.2, 0) is 11.2 Å². The molecule has 1 N–H and O–H groups in total. The van der Waals surface area contributed by atoms with Crippen LogP contribution in [0.25, 0.3) is 0 Å². The number of carbonyl (C=O) groups is 1. The summed E-state index contributed by atoms with van der Waals surface area (Å²) in [6.45, 7) is 4.05. The van der Waals surface area contributed by atoms with Crippen molar-refractivity contribution in [1.29, 1.82) is 0 Å². The minimum Gasteiger partial charge on any atom is -0.497 e. The molecule has 1 aliphatic rings. The van der Waals surface area contributed by atoms with Gasteiger partial charge < -0.3 is 14.8 Å². The Kier molecular flexibility index (Phi) is 4.91. The van der Waals surface area contributed by atoms with Crippen molar-refractivity contribution >= 4 is 17.5 Å². The average Bonchev–Trinajstić information content (AvgIpc) is 2.53. The van der Waals surface area contributed by atoms with Gasteiger partial charge in [-0.1, -0.05) is 23.7 Å². The first-order valence-corrected chi connectivity index (χ1v) is 8.65. The molecule has 0 saturated heterocycles. The number of hydrogen-bond donors (Lipinski definition) is 1. The van der Waals surface area contributed by atoms with Crippen molar-refractivity contribution in [3.63, 3.8) is 0 Å². The lowest BCUT2D eigenvalue weighted by atomic mass is 9.89. The van der Waals surface area contributed by atoms with Crippen LogP contribution in [0, 0.1) is 0 Å². The van der Waals surface area contributed by atoms with Crippen molar-refractivity contribution in [2.24, 2.45) is 0 Å². The molecule has 1 aliphatic heterocycles. The zero-order chi connectivity index (χ0) is 18.0. The van der Waals surface area contributed by atoms with Crippen LogP contribution < -0.4 is 14.8 Å². The molecule has 3 rings (SSSR count). The summed E-state index contributed by atoms with van der Waals surface area (Å²) in [7, 11) is 1.63. The van der Waals surface area contributed by atoms with Gasteiger partial charge in [-0.25, -0.2) is 0 Å². The summed E-state index contributed by atoms with van der Waals surface area (Å²) in [5.74, 6) is 1.49.